The molecule has 31 heavy (non-hydrogen) atoms. The highest BCUT2D eigenvalue weighted by Crippen LogP contribution is 2.30. The van der Waals surface area contributed by atoms with Crippen molar-refractivity contribution < 1.29 is 27.8 Å². The molecule has 0 fully saturated rings. The maximum absolute atomic E-state index is 12.7. The van der Waals surface area contributed by atoms with Crippen molar-refractivity contribution in [2.45, 2.75) is 31.7 Å². The van der Waals surface area contributed by atoms with Crippen molar-refractivity contribution in [2.75, 3.05) is 0 Å². The van der Waals surface area contributed by atoms with Gasteiger partial charge in [-0.2, -0.15) is 13.2 Å². The zero-order valence-corrected chi connectivity index (χ0v) is 16.6. The summed E-state index contributed by atoms with van der Waals surface area (Å²) < 4.78 is 43.8. The van der Waals surface area contributed by atoms with Gasteiger partial charge in [-0.3, -0.25) is 4.79 Å². The van der Waals surface area contributed by atoms with Crippen molar-refractivity contribution in [1.29, 1.82) is 0 Å². The molecule has 0 aliphatic carbocycles. The monoisotopic (exact) mass is 429 g/mol. The van der Waals surface area contributed by atoms with E-state index in [1.807, 2.05) is 30.3 Å². The molecule has 0 bridgehead atoms. The molecule has 3 aromatic carbocycles. The van der Waals surface area contributed by atoms with E-state index in [4.69, 9.17) is 15.6 Å². The molecule has 0 spiro atoms. The van der Waals surface area contributed by atoms with Crippen molar-refractivity contribution in [3.05, 3.63) is 89.5 Å². The molecule has 0 unspecified atom stereocenters. The van der Waals surface area contributed by atoms with E-state index in [0.29, 0.717) is 16.9 Å². The van der Waals surface area contributed by atoms with E-state index in [9.17, 15) is 18.0 Å². The van der Waals surface area contributed by atoms with Crippen LogP contribution in [0.1, 0.15) is 29.2 Å². The molecule has 0 saturated heterocycles. The van der Waals surface area contributed by atoms with Crippen LogP contribution in [0.3, 0.4) is 0 Å². The van der Waals surface area contributed by atoms with E-state index in [2.05, 4.69) is 0 Å². The summed E-state index contributed by atoms with van der Waals surface area (Å²) in [5.74, 6) is -0.447. The molecule has 162 valence electrons. The summed E-state index contributed by atoms with van der Waals surface area (Å²) >= 11 is 0. The number of aliphatic carboxylic acids is 1. The lowest BCUT2D eigenvalue weighted by molar-refractivity contribution is -0.138. The highest BCUT2D eigenvalue weighted by molar-refractivity contribution is 5.71. The Morgan fingerprint density at radius 1 is 0.968 bits per heavy atom. The van der Waals surface area contributed by atoms with Crippen LogP contribution in [-0.4, -0.2) is 17.3 Å². The average Bonchev–Trinajstić information content (AvgIpc) is 2.72. The van der Waals surface area contributed by atoms with Gasteiger partial charge >= 0.3 is 12.1 Å². The SMILES string of the molecule is N[C@H](CC(F)(F)F)c1cccc(-c2cccc(COc3ccccc3CC(=O)O)c2)c1. The predicted molar refractivity (Wildman–Crippen MR) is 112 cm³/mol. The average molecular weight is 429 g/mol. The molecule has 3 N–H and O–H groups in total. The summed E-state index contributed by atoms with van der Waals surface area (Å²) in [6, 6.07) is 20.0. The van der Waals surface area contributed by atoms with Gasteiger partial charge in [0.1, 0.15) is 12.4 Å². The van der Waals surface area contributed by atoms with Crippen molar-refractivity contribution in [3.63, 3.8) is 0 Å². The molecular weight excluding hydrogens is 407 g/mol. The first-order valence-electron chi connectivity index (χ1n) is 9.65. The number of para-hydroxylation sites is 1. The van der Waals surface area contributed by atoms with Crippen LogP contribution in [0.2, 0.25) is 0 Å². The third-order valence-electron chi connectivity index (χ3n) is 4.74. The minimum Gasteiger partial charge on any atom is -0.489 e. The molecule has 0 radical (unpaired) electrons. The number of hydrogen-bond donors (Lipinski definition) is 2. The molecule has 3 aromatic rings. The van der Waals surface area contributed by atoms with Gasteiger partial charge in [0, 0.05) is 11.6 Å². The van der Waals surface area contributed by atoms with Crippen LogP contribution in [0.5, 0.6) is 5.75 Å². The molecule has 1 atom stereocenters. The molecule has 0 amide bonds. The highest BCUT2D eigenvalue weighted by atomic mass is 19.4. The Balaban J connectivity index is 1.76. The molecule has 4 nitrogen and oxygen atoms in total. The van der Waals surface area contributed by atoms with E-state index >= 15 is 0 Å². The lowest BCUT2D eigenvalue weighted by atomic mass is 9.97. The van der Waals surface area contributed by atoms with Crippen LogP contribution in [-0.2, 0) is 17.8 Å². The number of rotatable bonds is 8. The summed E-state index contributed by atoms with van der Waals surface area (Å²) in [6.45, 7) is 0.220. The second-order valence-corrected chi connectivity index (χ2v) is 7.22. The number of ether oxygens (including phenoxy) is 1. The molecule has 0 heterocycles. The Kier molecular flexibility index (Phi) is 6.97. The Morgan fingerprint density at radius 2 is 1.65 bits per heavy atom. The minimum atomic E-state index is -4.33. The third-order valence-corrected chi connectivity index (χ3v) is 4.74. The first-order valence-corrected chi connectivity index (χ1v) is 9.65. The number of carboxylic acid groups (broad SMARTS) is 1. The van der Waals surface area contributed by atoms with Gasteiger partial charge in [-0.1, -0.05) is 54.6 Å². The maximum atomic E-state index is 12.7. The lowest BCUT2D eigenvalue weighted by Crippen LogP contribution is -2.20. The van der Waals surface area contributed by atoms with Crippen LogP contribution < -0.4 is 10.5 Å². The number of halogens is 3. The van der Waals surface area contributed by atoms with Crippen molar-refractivity contribution >= 4 is 5.97 Å². The lowest BCUT2D eigenvalue weighted by Gasteiger charge is -2.16. The molecule has 0 aliphatic heterocycles. The standard InChI is InChI=1S/C24H22F3NO3/c25-24(26,27)14-21(28)19-9-4-8-18(12-19)17-7-3-5-16(11-17)15-31-22-10-2-1-6-20(22)13-23(29)30/h1-12,21H,13-15,28H2,(H,29,30)/t21-/m1/s1. The molecule has 3 rings (SSSR count). The topological polar surface area (TPSA) is 72.5 Å². The highest BCUT2D eigenvalue weighted by Gasteiger charge is 2.30. The summed E-state index contributed by atoms with van der Waals surface area (Å²) in [4.78, 5) is 11.0. The van der Waals surface area contributed by atoms with E-state index < -0.39 is 24.6 Å². The Bertz CT molecular complexity index is 1050. The number of carbonyl (C=O) groups is 1. The van der Waals surface area contributed by atoms with Crippen molar-refractivity contribution in [2.24, 2.45) is 5.73 Å². The van der Waals surface area contributed by atoms with Crippen LogP contribution in [0.25, 0.3) is 11.1 Å². The third kappa shape index (κ3) is 6.58. The fourth-order valence-electron chi connectivity index (χ4n) is 3.27. The van der Waals surface area contributed by atoms with Crippen LogP contribution in [0, 0.1) is 0 Å². The number of nitrogens with two attached hydrogens (primary N) is 1. The minimum absolute atomic E-state index is 0.138. The second kappa shape index (κ2) is 9.66. The second-order valence-electron chi connectivity index (χ2n) is 7.22. The molecule has 0 saturated carbocycles. The summed E-state index contributed by atoms with van der Waals surface area (Å²) in [5.41, 5.74) is 9.15. The summed E-state index contributed by atoms with van der Waals surface area (Å²) in [6.07, 6.45) is -5.55. The summed E-state index contributed by atoms with van der Waals surface area (Å²) in [5, 5.41) is 9.04. The number of alkyl halides is 3. The van der Waals surface area contributed by atoms with Gasteiger partial charge in [0.25, 0.3) is 0 Å². The zero-order chi connectivity index (χ0) is 22.4. The van der Waals surface area contributed by atoms with E-state index in [-0.39, 0.29) is 13.0 Å². The van der Waals surface area contributed by atoms with Gasteiger partial charge in [0.15, 0.2) is 0 Å². The van der Waals surface area contributed by atoms with Crippen LogP contribution >= 0.6 is 0 Å². The van der Waals surface area contributed by atoms with Crippen LogP contribution in [0.4, 0.5) is 13.2 Å². The molecular formula is C24H22F3NO3. The van der Waals surface area contributed by atoms with Gasteiger partial charge in [-0.15, -0.1) is 0 Å². The van der Waals surface area contributed by atoms with Crippen LogP contribution in [0.15, 0.2) is 72.8 Å². The predicted octanol–water partition coefficient (Wildman–Crippen LogP) is 5.51. The Hall–Kier alpha value is -3.32. The maximum Gasteiger partial charge on any atom is 0.390 e. The van der Waals surface area contributed by atoms with Gasteiger partial charge in [0.2, 0.25) is 0 Å². The van der Waals surface area contributed by atoms with Gasteiger partial charge in [-0.05, 0) is 40.5 Å². The molecule has 0 aliphatic rings. The Labute approximate surface area is 178 Å². The number of carboxylic acids is 1. The fraction of sp³-hybridized carbons (Fsp3) is 0.208. The smallest absolute Gasteiger partial charge is 0.390 e. The zero-order valence-electron chi connectivity index (χ0n) is 16.6. The quantitative estimate of drug-likeness (QED) is 0.495. The number of hydrogen-bond acceptors (Lipinski definition) is 3. The fourth-order valence-corrected chi connectivity index (χ4v) is 3.27. The van der Waals surface area contributed by atoms with E-state index in [1.165, 1.54) is 0 Å². The van der Waals surface area contributed by atoms with E-state index in [0.717, 1.165) is 16.7 Å². The van der Waals surface area contributed by atoms with Gasteiger partial charge in [0.05, 0.1) is 12.8 Å². The van der Waals surface area contributed by atoms with Crippen molar-refractivity contribution in [1.82, 2.24) is 0 Å². The number of benzene rings is 3. The first-order chi connectivity index (χ1) is 14.7. The normalized spacial score (nSPS) is 12.4. The molecule has 7 heteroatoms. The Morgan fingerprint density at radius 3 is 2.35 bits per heavy atom. The van der Waals surface area contributed by atoms with Gasteiger partial charge < -0.3 is 15.6 Å². The van der Waals surface area contributed by atoms with Gasteiger partial charge in [-0.25, -0.2) is 0 Å². The molecule has 0 aromatic heterocycles. The largest absolute Gasteiger partial charge is 0.489 e. The first kappa shape index (κ1) is 22.4. The summed E-state index contributed by atoms with van der Waals surface area (Å²) in [7, 11) is 0. The van der Waals surface area contributed by atoms with E-state index in [1.54, 1.807) is 42.5 Å². The van der Waals surface area contributed by atoms with Crippen molar-refractivity contribution in [3.8, 4) is 16.9 Å².